The fourth-order valence-electron chi connectivity index (χ4n) is 3.40. The zero-order chi connectivity index (χ0) is 22.1. The molecule has 0 unspecified atom stereocenters. The second-order valence-electron chi connectivity index (χ2n) is 6.99. The first kappa shape index (κ1) is 21.9. The van der Waals surface area contributed by atoms with Crippen LogP contribution in [0.1, 0.15) is 25.0 Å². The third kappa shape index (κ3) is 4.69. The van der Waals surface area contributed by atoms with Crippen molar-refractivity contribution in [1.82, 2.24) is 14.9 Å². The number of carbonyl (C=O) groups is 1. The van der Waals surface area contributed by atoms with Crippen LogP contribution in [0.5, 0.6) is 0 Å². The summed E-state index contributed by atoms with van der Waals surface area (Å²) in [4.78, 5) is 22.2. The van der Waals surface area contributed by atoms with E-state index in [9.17, 15) is 23.1 Å². The van der Waals surface area contributed by atoms with Gasteiger partial charge in [-0.3, -0.25) is 0 Å². The molecule has 162 valence electrons. The van der Waals surface area contributed by atoms with Gasteiger partial charge in [-0.2, -0.15) is 13.2 Å². The summed E-state index contributed by atoms with van der Waals surface area (Å²) >= 11 is 5.66. The monoisotopic (exact) mass is 443 g/mol. The van der Waals surface area contributed by atoms with Crippen LogP contribution < -0.4 is 10.2 Å². The lowest BCUT2D eigenvalue weighted by Crippen LogP contribution is -2.53. The molecule has 1 saturated heterocycles. The topological polar surface area (TPSA) is 81.6 Å². The second-order valence-corrected chi connectivity index (χ2v) is 7.34. The Balaban J connectivity index is 1.78. The smallest absolute Gasteiger partial charge is 0.420 e. The Morgan fingerprint density at radius 3 is 2.67 bits per heavy atom. The minimum absolute atomic E-state index is 0.0286. The summed E-state index contributed by atoms with van der Waals surface area (Å²) < 4.78 is 38.5. The molecule has 11 heteroatoms. The number of rotatable bonds is 4. The van der Waals surface area contributed by atoms with Crippen molar-refractivity contribution < 1.29 is 23.1 Å². The highest BCUT2D eigenvalue weighted by Crippen LogP contribution is 2.34. The summed E-state index contributed by atoms with van der Waals surface area (Å²) in [6, 6.07) is 5.51. The summed E-state index contributed by atoms with van der Waals surface area (Å²) in [5.74, 6) is -0.0286. The third-order valence-electron chi connectivity index (χ3n) is 5.00. The van der Waals surface area contributed by atoms with Crippen molar-refractivity contribution in [3.63, 3.8) is 0 Å². The van der Waals surface area contributed by atoms with Gasteiger partial charge in [0.15, 0.2) is 0 Å². The average Bonchev–Trinajstić information content (AvgIpc) is 2.67. The molecule has 2 aromatic rings. The number of benzene rings is 1. The number of aromatic nitrogens is 2. The minimum atomic E-state index is -4.62. The molecular formula is C19H21ClF3N5O2. The van der Waals surface area contributed by atoms with Gasteiger partial charge in [0.2, 0.25) is 5.95 Å². The number of anilines is 3. The van der Waals surface area contributed by atoms with Crippen LogP contribution in [-0.4, -0.2) is 51.7 Å². The maximum Gasteiger partial charge on any atom is 0.420 e. The van der Waals surface area contributed by atoms with E-state index in [1.807, 2.05) is 26.0 Å². The Hall–Kier alpha value is -2.75. The average molecular weight is 444 g/mol. The van der Waals surface area contributed by atoms with Crippen molar-refractivity contribution in [2.45, 2.75) is 32.5 Å². The number of carboxylic acid groups (broad SMARTS) is 1. The van der Waals surface area contributed by atoms with E-state index in [1.165, 1.54) is 4.90 Å². The first-order chi connectivity index (χ1) is 14.1. The van der Waals surface area contributed by atoms with Crippen molar-refractivity contribution in [2.75, 3.05) is 29.9 Å². The van der Waals surface area contributed by atoms with Crippen LogP contribution in [0.15, 0.2) is 24.4 Å². The van der Waals surface area contributed by atoms with Gasteiger partial charge in [0.05, 0.1) is 0 Å². The maximum atomic E-state index is 12.8. The van der Waals surface area contributed by atoms with E-state index >= 15 is 0 Å². The zero-order valence-electron chi connectivity index (χ0n) is 16.4. The lowest BCUT2D eigenvalue weighted by Gasteiger charge is -2.39. The molecule has 2 N–H and O–H groups in total. The van der Waals surface area contributed by atoms with Gasteiger partial charge in [0, 0.05) is 43.2 Å². The molecule has 0 spiro atoms. The Bertz CT molecular complexity index is 941. The largest absolute Gasteiger partial charge is 0.465 e. The maximum absolute atomic E-state index is 12.8. The van der Waals surface area contributed by atoms with Crippen LogP contribution >= 0.6 is 11.6 Å². The molecule has 1 aliphatic heterocycles. The van der Waals surface area contributed by atoms with Gasteiger partial charge in [0.1, 0.15) is 10.7 Å². The third-order valence-corrected chi connectivity index (χ3v) is 5.29. The highest BCUT2D eigenvalue weighted by atomic mass is 35.5. The number of nitrogens with zero attached hydrogens (tertiary/aromatic N) is 4. The van der Waals surface area contributed by atoms with Crippen LogP contribution in [0.2, 0.25) is 5.15 Å². The number of amides is 1. The van der Waals surface area contributed by atoms with Crippen molar-refractivity contribution in [2.24, 2.45) is 0 Å². The van der Waals surface area contributed by atoms with Crippen molar-refractivity contribution in [3.05, 3.63) is 40.7 Å². The number of aryl methyl sites for hydroxylation is 1. The number of piperazine rings is 1. The number of halogens is 4. The van der Waals surface area contributed by atoms with Gasteiger partial charge in [-0.1, -0.05) is 18.5 Å². The van der Waals surface area contributed by atoms with Crippen LogP contribution in [-0.2, 0) is 12.6 Å². The minimum Gasteiger partial charge on any atom is -0.465 e. The Labute approximate surface area is 176 Å². The summed E-state index contributed by atoms with van der Waals surface area (Å²) in [6.45, 7) is 5.37. The van der Waals surface area contributed by atoms with Crippen LogP contribution in [0.4, 0.5) is 35.3 Å². The summed E-state index contributed by atoms with van der Waals surface area (Å²) in [5, 5.41) is 11.5. The number of nitrogens with one attached hydrogen (secondary N) is 1. The molecule has 1 fully saturated rings. The van der Waals surface area contributed by atoms with E-state index in [4.69, 9.17) is 11.6 Å². The summed E-state index contributed by atoms with van der Waals surface area (Å²) in [5.41, 5.74) is 1.44. The molecule has 1 aromatic carbocycles. The molecule has 0 bridgehead atoms. The highest BCUT2D eigenvalue weighted by Gasteiger charge is 2.34. The molecule has 1 atom stereocenters. The first-order valence-corrected chi connectivity index (χ1v) is 9.72. The number of hydrogen-bond acceptors (Lipinski definition) is 5. The number of alkyl halides is 3. The fraction of sp³-hybridized carbons (Fsp3) is 0.421. The molecule has 0 aliphatic carbocycles. The van der Waals surface area contributed by atoms with Crippen molar-refractivity contribution >= 4 is 35.0 Å². The van der Waals surface area contributed by atoms with E-state index in [1.54, 1.807) is 6.07 Å². The molecule has 1 aromatic heterocycles. The normalized spacial score (nSPS) is 17.2. The van der Waals surface area contributed by atoms with E-state index in [-0.39, 0.29) is 12.0 Å². The summed E-state index contributed by atoms with van der Waals surface area (Å²) in [7, 11) is 0. The molecule has 0 saturated carbocycles. The van der Waals surface area contributed by atoms with Gasteiger partial charge in [-0.15, -0.1) is 0 Å². The molecular weight excluding hydrogens is 423 g/mol. The van der Waals surface area contributed by atoms with E-state index in [0.29, 0.717) is 37.9 Å². The van der Waals surface area contributed by atoms with Gasteiger partial charge in [-0.05, 0) is 37.1 Å². The van der Waals surface area contributed by atoms with Gasteiger partial charge in [0.25, 0.3) is 0 Å². The van der Waals surface area contributed by atoms with E-state index in [2.05, 4.69) is 20.2 Å². The predicted octanol–water partition coefficient (Wildman–Crippen LogP) is 4.64. The molecule has 3 rings (SSSR count). The predicted molar refractivity (Wildman–Crippen MR) is 108 cm³/mol. The lowest BCUT2D eigenvalue weighted by molar-refractivity contribution is -0.137. The molecule has 1 aliphatic rings. The standard InChI is InChI=1S/C19H21ClF3N5O2/c1-3-12-8-13(27-6-7-28(18(29)30)11(2)10-27)4-5-15(12)25-17-24-9-14(16(20)26-17)19(21,22)23/h4-5,8-9,11H,3,6-7,10H2,1-2H3,(H,29,30)(H,24,25,26)/t11-/m1/s1. The Morgan fingerprint density at radius 2 is 2.10 bits per heavy atom. The fourth-order valence-corrected chi connectivity index (χ4v) is 3.64. The van der Waals surface area contributed by atoms with Crippen molar-refractivity contribution in [1.29, 1.82) is 0 Å². The van der Waals surface area contributed by atoms with Crippen molar-refractivity contribution in [3.8, 4) is 0 Å². The second kappa shape index (κ2) is 8.55. The van der Waals surface area contributed by atoms with E-state index < -0.39 is 23.0 Å². The van der Waals surface area contributed by atoms with Gasteiger partial charge < -0.3 is 20.2 Å². The van der Waals surface area contributed by atoms with Crippen LogP contribution in [0.3, 0.4) is 0 Å². The molecule has 30 heavy (non-hydrogen) atoms. The van der Waals surface area contributed by atoms with Gasteiger partial charge >= 0.3 is 12.3 Å². The Morgan fingerprint density at radius 1 is 1.37 bits per heavy atom. The SMILES string of the molecule is CCc1cc(N2CCN(C(=O)O)[C@H](C)C2)ccc1Nc1ncc(C(F)(F)F)c(Cl)n1. The molecule has 0 radical (unpaired) electrons. The Kier molecular flexibility index (Phi) is 6.25. The molecule has 7 nitrogen and oxygen atoms in total. The molecule has 1 amide bonds. The van der Waals surface area contributed by atoms with E-state index in [0.717, 1.165) is 11.3 Å². The number of hydrogen-bond donors (Lipinski definition) is 2. The van der Waals surface area contributed by atoms with Crippen LogP contribution in [0.25, 0.3) is 0 Å². The molecule has 2 heterocycles. The summed E-state index contributed by atoms with van der Waals surface area (Å²) in [6.07, 6.45) is -4.23. The highest BCUT2D eigenvalue weighted by molar-refractivity contribution is 6.30. The lowest BCUT2D eigenvalue weighted by atomic mass is 10.1. The quantitative estimate of drug-likeness (QED) is 0.670. The van der Waals surface area contributed by atoms with Gasteiger partial charge in [-0.25, -0.2) is 14.8 Å². The van der Waals surface area contributed by atoms with Crippen LogP contribution in [0, 0.1) is 0 Å². The first-order valence-electron chi connectivity index (χ1n) is 9.34. The zero-order valence-corrected chi connectivity index (χ0v) is 17.1.